The molecule has 0 radical (unpaired) electrons. The summed E-state index contributed by atoms with van der Waals surface area (Å²) in [6.45, 7) is 1.89. The molecule has 0 bridgehead atoms. The number of hydrogen-bond acceptors (Lipinski definition) is 12. The van der Waals surface area contributed by atoms with Crippen molar-refractivity contribution in [2.24, 2.45) is 5.16 Å². The number of nitrogens with zero attached hydrogens (tertiary/aromatic N) is 5. The van der Waals surface area contributed by atoms with E-state index in [2.05, 4.69) is 24.8 Å². The number of carboxylic acids is 1. The Morgan fingerprint density at radius 2 is 2.23 bits per heavy atom. The van der Waals surface area contributed by atoms with E-state index >= 15 is 0 Å². The van der Waals surface area contributed by atoms with Gasteiger partial charge in [-0.25, -0.2) is 4.79 Å². The molecule has 2 atom stereocenters. The third-order valence-electron chi connectivity index (χ3n) is 4.88. The smallest absolute Gasteiger partial charge is 0.353 e. The average molecular weight is 534 g/mol. The number of aromatic nitrogens is 3. The van der Waals surface area contributed by atoms with E-state index in [-0.39, 0.29) is 22.4 Å². The van der Waals surface area contributed by atoms with E-state index in [1.165, 1.54) is 35.5 Å². The monoisotopic (exact) mass is 533 g/mol. The van der Waals surface area contributed by atoms with E-state index in [4.69, 9.17) is 10.6 Å². The molecule has 2 aromatic heterocycles. The van der Waals surface area contributed by atoms with Crippen LogP contribution in [0, 0.1) is 6.92 Å². The van der Waals surface area contributed by atoms with Gasteiger partial charge in [0.25, 0.3) is 11.8 Å². The lowest BCUT2D eigenvalue weighted by Crippen LogP contribution is -2.71. The van der Waals surface area contributed by atoms with Crippen molar-refractivity contribution < 1.29 is 24.3 Å². The van der Waals surface area contributed by atoms with E-state index in [9.17, 15) is 19.5 Å². The molecule has 15 heteroatoms. The molecule has 182 valence electrons. The van der Waals surface area contributed by atoms with Crippen LogP contribution in [0.25, 0.3) is 6.08 Å². The molecule has 2 aliphatic heterocycles. The molecule has 4 N–H and O–H groups in total. The van der Waals surface area contributed by atoms with Crippen molar-refractivity contribution in [3.05, 3.63) is 51.4 Å². The van der Waals surface area contributed by atoms with Crippen molar-refractivity contribution in [2.45, 2.75) is 18.3 Å². The highest BCUT2D eigenvalue weighted by Gasteiger charge is 2.54. The fourth-order valence-corrected chi connectivity index (χ4v) is 6.06. The van der Waals surface area contributed by atoms with Crippen molar-refractivity contribution in [1.29, 1.82) is 0 Å². The molecule has 4 heterocycles. The van der Waals surface area contributed by atoms with Crippen molar-refractivity contribution in [3.63, 3.8) is 0 Å². The number of nitrogens with two attached hydrogens (primary N) is 1. The normalized spacial score (nSPS) is 20.0. The van der Waals surface area contributed by atoms with Crippen LogP contribution in [0.3, 0.4) is 0 Å². The largest absolute Gasteiger partial charge is 0.477 e. The minimum Gasteiger partial charge on any atom is -0.477 e. The molecule has 2 aromatic rings. The third kappa shape index (κ3) is 5.16. The number of anilines is 1. The summed E-state index contributed by atoms with van der Waals surface area (Å²) in [6, 6.07) is 2.84. The quantitative estimate of drug-likeness (QED) is 0.253. The van der Waals surface area contributed by atoms with Crippen LogP contribution in [0.4, 0.5) is 5.13 Å². The Morgan fingerprint density at radius 3 is 2.86 bits per heavy atom. The van der Waals surface area contributed by atoms with Gasteiger partial charge in [0.1, 0.15) is 24.2 Å². The lowest BCUT2D eigenvalue weighted by molar-refractivity contribution is -0.150. The molecule has 1 fully saturated rings. The van der Waals surface area contributed by atoms with Crippen LogP contribution in [-0.2, 0) is 19.2 Å². The first-order valence-electron chi connectivity index (χ1n) is 9.98. The molecular weight excluding hydrogens is 514 g/mol. The molecule has 0 spiro atoms. The number of nitrogen functional groups attached to an aromatic ring is 1. The average Bonchev–Trinajstić information content (AvgIpc) is 3.27. The number of pyridine rings is 1. The van der Waals surface area contributed by atoms with Crippen LogP contribution >= 0.6 is 35.1 Å². The molecule has 4 rings (SSSR count). The fraction of sp³-hybridized carbons (Fsp3) is 0.250. The number of amides is 2. The number of fused-ring (bicyclic) bond motifs is 1. The van der Waals surface area contributed by atoms with E-state index in [1.807, 2.05) is 25.1 Å². The van der Waals surface area contributed by atoms with Gasteiger partial charge in [-0.1, -0.05) is 23.0 Å². The summed E-state index contributed by atoms with van der Waals surface area (Å²) >= 11 is 3.46. The Kier molecular flexibility index (Phi) is 7.37. The zero-order valence-electron chi connectivity index (χ0n) is 18.4. The number of carboxylic acid groups (broad SMARTS) is 1. The number of aliphatic carboxylic acids is 1. The number of rotatable bonds is 8. The summed E-state index contributed by atoms with van der Waals surface area (Å²) < 4.78 is 3.94. The van der Waals surface area contributed by atoms with Crippen molar-refractivity contribution in [2.75, 3.05) is 18.6 Å². The number of carbonyl (C=O) groups excluding carboxylic acids is 2. The van der Waals surface area contributed by atoms with E-state index < -0.39 is 29.2 Å². The number of nitrogens with one attached hydrogen (secondary N) is 1. The lowest BCUT2D eigenvalue weighted by atomic mass is 10.0. The first kappa shape index (κ1) is 24.7. The van der Waals surface area contributed by atoms with Crippen LogP contribution in [0.1, 0.15) is 17.1 Å². The molecular formula is C20H19N7O5S3. The van der Waals surface area contributed by atoms with Crippen LogP contribution in [0.2, 0.25) is 0 Å². The second-order valence-electron chi connectivity index (χ2n) is 7.17. The molecule has 1 unspecified atom stereocenters. The molecule has 0 aromatic carbocycles. The standard InChI is InChI=1S/C20H19N7O5S3/c1-9-3-4-10(7-22-9)5-6-33-11-8-34-18-13(17(29)27(18)14(11)19(30)31)23-16(28)12(25-32-2)15-24-20(21)35-26-15/h3-7,13,18H,8H2,1-2H3,(H,23,28)(H,30,31)(H2,21,24,26)/b6-5-,25-12-/t13?,18-/m1/s1. The van der Waals surface area contributed by atoms with Gasteiger partial charge in [-0.2, -0.15) is 9.36 Å². The van der Waals surface area contributed by atoms with Gasteiger partial charge in [-0.05, 0) is 30.0 Å². The molecule has 0 aliphatic carbocycles. The number of oxime groups is 1. The summed E-state index contributed by atoms with van der Waals surface area (Å²) in [4.78, 5) is 52.2. The zero-order chi connectivity index (χ0) is 25.1. The Balaban J connectivity index is 1.48. The Bertz CT molecular complexity index is 1260. The topological polar surface area (TPSA) is 173 Å². The minimum atomic E-state index is -1.22. The second kappa shape index (κ2) is 10.5. The highest BCUT2D eigenvalue weighted by Crippen LogP contribution is 2.43. The highest BCUT2D eigenvalue weighted by molar-refractivity contribution is 8.08. The van der Waals surface area contributed by atoms with Crippen LogP contribution in [0.15, 0.2) is 39.5 Å². The first-order chi connectivity index (χ1) is 16.8. The number of carbonyl (C=O) groups is 3. The lowest BCUT2D eigenvalue weighted by Gasteiger charge is -2.49. The van der Waals surface area contributed by atoms with Gasteiger partial charge in [0, 0.05) is 34.1 Å². The molecule has 12 nitrogen and oxygen atoms in total. The maximum absolute atomic E-state index is 12.9. The minimum absolute atomic E-state index is 0.0350. The first-order valence-corrected chi connectivity index (χ1v) is 12.7. The number of aryl methyl sites for hydroxylation is 1. The SMILES string of the molecule is CO/N=C(\C(=O)NC1C(=O)N2C(C(=O)O)=C(S/C=C\c3ccc(C)nc3)CS[C@H]12)c1nsc(N)n1. The fourth-order valence-electron chi connectivity index (χ4n) is 3.27. The maximum atomic E-state index is 12.9. The van der Waals surface area contributed by atoms with Crippen LogP contribution in [-0.4, -0.2) is 72.1 Å². The van der Waals surface area contributed by atoms with Gasteiger partial charge in [0.05, 0.1) is 0 Å². The Labute approximate surface area is 211 Å². The highest BCUT2D eigenvalue weighted by atomic mass is 32.2. The predicted octanol–water partition coefficient (Wildman–Crippen LogP) is 1.27. The molecule has 0 saturated carbocycles. The van der Waals surface area contributed by atoms with Gasteiger partial charge in [-0.3, -0.25) is 19.5 Å². The van der Waals surface area contributed by atoms with Crippen molar-refractivity contribution in [1.82, 2.24) is 24.6 Å². The number of β-lactam (4-membered cyclic amide) rings is 1. The van der Waals surface area contributed by atoms with E-state index in [1.54, 1.807) is 11.6 Å². The Hall–Kier alpha value is -3.43. The van der Waals surface area contributed by atoms with E-state index in [0.717, 1.165) is 22.8 Å². The summed E-state index contributed by atoms with van der Waals surface area (Å²) in [7, 11) is 1.25. The van der Waals surface area contributed by atoms with Crippen LogP contribution in [0.5, 0.6) is 0 Å². The summed E-state index contributed by atoms with van der Waals surface area (Å²) in [5.41, 5.74) is 7.00. The van der Waals surface area contributed by atoms with Crippen molar-refractivity contribution >= 4 is 69.8 Å². The third-order valence-corrected chi connectivity index (χ3v) is 7.78. The van der Waals surface area contributed by atoms with E-state index in [0.29, 0.717) is 10.7 Å². The molecule has 1 saturated heterocycles. The zero-order valence-corrected chi connectivity index (χ0v) is 20.8. The Morgan fingerprint density at radius 1 is 1.43 bits per heavy atom. The van der Waals surface area contributed by atoms with Gasteiger partial charge in [0.2, 0.25) is 11.5 Å². The molecule has 35 heavy (non-hydrogen) atoms. The van der Waals surface area contributed by atoms with Gasteiger partial charge in [0.15, 0.2) is 5.13 Å². The maximum Gasteiger partial charge on any atom is 0.353 e. The summed E-state index contributed by atoms with van der Waals surface area (Å²) in [5.74, 6) is -2.18. The molecule has 2 aliphatic rings. The summed E-state index contributed by atoms with van der Waals surface area (Å²) in [5, 5.41) is 17.4. The number of thioether (sulfide) groups is 2. The van der Waals surface area contributed by atoms with Gasteiger partial charge < -0.3 is 21.0 Å². The van der Waals surface area contributed by atoms with Crippen LogP contribution < -0.4 is 11.1 Å². The van der Waals surface area contributed by atoms with Crippen molar-refractivity contribution in [3.8, 4) is 0 Å². The predicted molar refractivity (Wildman–Crippen MR) is 133 cm³/mol. The van der Waals surface area contributed by atoms with Gasteiger partial charge >= 0.3 is 5.97 Å². The second-order valence-corrected chi connectivity index (χ2v) is 10.1. The van der Waals surface area contributed by atoms with Gasteiger partial charge in [-0.15, -0.1) is 11.8 Å². The summed E-state index contributed by atoms with van der Waals surface area (Å²) in [6.07, 6.45) is 3.53. The number of hydrogen-bond donors (Lipinski definition) is 3. The molecule has 2 amide bonds.